The summed E-state index contributed by atoms with van der Waals surface area (Å²) in [6.07, 6.45) is 3.61. The molecule has 1 aromatic carbocycles. The predicted molar refractivity (Wildman–Crippen MR) is 102 cm³/mol. The van der Waals surface area contributed by atoms with Crippen LogP contribution in [-0.4, -0.2) is 35.6 Å². The predicted octanol–water partition coefficient (Wildman–Crippen LogP) is 3.94. The molecule has 0 bridgehead atoms. The molecule has 0 saturated heterocycles. The molecule has 1 rings (SSSR count). The highest BCUT2D eigenvalue weighted by molar-refractivity contribution is 6.91. The van der Waals surface area contributed by atoms with Gasteiger partial charge in [0.15, 0.2) is 8.32 Å². The summed E-state index contributed by atoms with van der Waals surface area (Å²) < 4.78 is 11.3. The highest BCUT2D eigenvalue weighted by atomic mass is 28.4. The van der Waals surface area contributed by atoms with Crippen LogP contribution in [-0.2, 0) is 14.0 Å². The standard InChI is InChI=1S/C18H30O3Si2/c1-8-12-16(17(18(19)20-2)21-22(3,4)5)23(6,7)15-13-10-9-11-14-15/h8-14,16-17H,1-7H3/b12-8-/t16-,17-/m1/s1. The van der Waals surface area contributed by atoms with Crippen LogP contribution in [0.2, 0.25) is 38.3 Å². The molecule has 0 radical (unpaired) electrons. The van der Waals surface area contributed by atoms with Crippen molar-refractivity contribution >= 4 is 27.5 Å². The Hall–Kier alpha value is -1.18. The highest BCUT2D eigenvalue weighted by Crippen LogP contribution is 2.32. The maximum Gasteiger partial charge on any atom is 0.334 e. The van der Waals surface area contributed by atoms with Gasteiger partial charge in [-0.15, -0.1) is 0 Å². The first-order valence-electron chi connectivity index (χ1n) is 8.07. The summed E-state index contributed by atoms with van der Waals surface area (Å²) in [4.78, 5) is 12.4. The summed E-state index contributed by atoms with van der Waals surface area (Å²) in [5.74, 6) is -0.271. The number of esters is 1. The van der Waals surface area contributed by atoms with Crippen LogP contribution >= 0.6 is 0 Å². The Morgan fingerprint density at radius 1 is 1.09 bits per heavy atom. The van der Waals surface area contributed by atoms with E-state index in [0.717, 1.165) is 0 Å². The van der Waals surface area contributed by atoms with E-state index in [4.69, 9.17) is 9.16 Å². The molecule has 0 heterocycles. The van der Waals surface area contributed by atoms with Crippen molar-refractivity contribution < 1.29 is 14.0 Å². The summed E-state index contributed by atoms with van der Waals surface area (Å²) in [6.45, 7) is 12.9. The number of carbonyl (C=O) groups excluding carboxylic acids is 1. The van der Waals surface area contributed by atoms with Gasteiger partial charge in [0.1, 0.15) is 6.10 Å². The Morgan fingerprint density at radius 3 is 2.09 bits per heavy atom. The van der Waals surface area contributed by atoms with E-state index < -0.39 is 22.5 Å². The van der Waals surface area contributed by atoms with E-state index in [-0.39, 0.29) is 11.5 Å². The summed E-state index contributed by atoms with van der Waals surface area (Å²) in [7, 11) is -2.41. The van der Waals surface area contributed by atoms with Gasteiger partial charge in [-0.1, -0.05) is 60.8 Å². The molecule has 0 amide bonds. The van der Waals surface area contributed by atoms with E-state index in [9.17, 15) is 4.79 Å². The molecule has 0 fully saturated rings. The number of carbonyl (C=O) groups is 1. The van der Waals surface area contributed by atoms with Gasteiger partial charge in [0.2, 0.25) is 0 Å². The lowest BCUT2D eigenvalue weighted by molar-refractivity contribution is -0.149. The monoisotopic (exact) mass is 350 g/mol. The molecule has 3 nitrogen and oxygen atoms in total. The van der Waals surface area contributed by atoms with E-state index in [1.165, 1.54) is 12.3 Å². The molecule has 0 aromatic heterocycles. The van der Waals surface area contributed by atoms with Gasteiger partial charge in [-0.25, -0.2) is 4.79 Å². The van der Waals surface area contributed by atoms with Crippen LogP contribution in [0.3, 0.4) is 0 Å². The van der Waals surface area contributed by atoms with Crippen molar-refractivity contribution in [2.45, 2.75) is 51.3 Å². The van der Waals surface area contributed by atoms with Crippen LogP contribution in [0.5, 0.6) is 0 Å². The minimum Gasteiger partial charge on any atom is -0.467 e. The molecule has 0 unspecified atom stereocenters. The zero-order chi connectivity index (χ0) is 17.7. The Balaban J connectivity index is 3.32. The lowest BCUT2D eigenvalue weighted by Crippen LogP contribution is -2.53. The number of methoxy groups -OCH3 is 1. The van der Waals surface area contributed by atoms with Gasteiger partial charge in [-0.3, -0.25) is 0 Å². The number of ether oxygens (including phenoxy) is 1. The van der Waals surface area contributed by atoms with E-state index in [1.807, 2.05) is 19.1 Å². The van der Waals surface area contributed by atoms with E-state index in [0.29, 0.717) is 0 Å². The molecule has 0 aliphatic carbocycles. The molecule has 0 aliphatic rings. The highest BCUT2D eigenvalue weighted by Gasteiger charge is 2.43. The average molecular weight is 351 g/mol. The number of hydrogen-bond donors (Lipinski definition) is 0. The van der Waals surface area contributed by atoms with Crippen LogP contribution in [0.25, 0.3) is 0 Å². The van der Waals surface area contributed by atoms with Gasteiger partial charge >= 0.3 is 5.97 Å². The number of allylic oxidation sites excluding steroid dienone is 1. The third kappa shape index (κ3) is 5.44. The second-order valence-corrected chi connectivity index (χ2v) is 16.5. The van der Waals surface area contributed by atoms with Gasteiger partial charge in [0, 0.05) is 5.54 Å². The maximum absolute atomic E-state index is 12.4. The van der Waals surface area contributed by atoms with Gasteiger partial charge in [-0.2, -0.15) is 0 Å². The summed E-state index contributed by atoms with van der Waals surface area (Å²) in [5, 5.41) is 1.32. The molecular formula is C18H30O3Si2. The Kier molecular flexibility index (Phi) is 6.98. The molecular weight excluding hydrogens is 320 g/mol. The molecule has 0 spiro atoms. The fraction of sp³-hybridized carbons (Fsp3) is 0.500. The fourth-order valence-electron chi connectivity index (χ4n) is 2.75. The van der Waals surface area contributed by atoms with Gasteiger partial charge in [0.05, 0.1) is 15.2 Å². The largest absolute Gasteiger partial charge is 0.467 e. The van der Waals surface area contributed by atoms with E-state index in [2.05, 4.69) is 63.1 Å². The van der Waals surface area contributed by atoms with Gasteiger partial charge in [0.25, 0.3) is 0 Å². The van der Waals surface area contributed by atoms with Crippen LogP contribution in [0.4, 0.5) is 0 Å². The number of rotatable bonds is 7. The summed E-state index contributed by atoms with van der Waals surface area (Å²) in [6, 6.07) is 10.5. The third-order valence-corrected chi connectivity index (χ3v) is 8.94. The first-order valence-corrected chi connectivity index (χ1v) is 14.6. The van der Waals surface area contributed by atoms with Crippen molar-refractivity contribution in [3.8, 4) is 0 Å². The topological polar surface area (TPSA) is 35.5 Å². The van der Waals surface area contributed by atoms with E-state index in [1.54, 1.807) is 0 Å². The zero-order valence-corrected chi connectivity index (χ0v) is 17.4. The SMILES string of the molecule is C/C=C\[C@H]([C@@H](O[Si](C)(C)C)C(=O)OC)[Si](C)(C)c1ccccc1. The maximum atomic E-state index is 12.4. The smallest absolute Gasteiger partial charge is 0.334 e. The first-order chi connectivity index (χ1) is 10.6. The van der Waals surface area contributed by atoms with Crippen LogP contribution in [0.15, 0.2) is 42.5 Å². The number of benzene rings is 1. The van der Waals surface area contributed by atoms with E-state index >= 15 is 0 Å². The Labute approximate surface area is 142 Å². The van der Waals surface area contributed by atoms with Gasteiger partial charge in [-0.05, 0) is 26.6 Å². The minimum atomic E-state index is -1.96. The Bertz CT molecular complexity index is 533. The lowest BCUT2D eigenvalue weighted by atomic mass is 10.2. The normalized spacial score (nSPS) is 15.4. The zero-order valence-electron chi connectivity index (χ0n) is 15.4. The molecule has 1 aromatic rings. The van der Waals surface area contributed by atoms with Crippen LogP contribution in [0, 0.1) is 0 Å². The Morgan fingerprint density at radius 2 is 1.65 bits per heavy atom. The van der Waals surface area contributed by atoms with Gasteiger partial charge < -0.3 is 9.16 Å². The second kappa shape index (κ2) is 8.08. The molecule has 23 heavy (non-hydrogen) atoms. The van der Waals surface area contributed by atoms with Crippen molar-refractivity contribution in [2.24, 2.45) is 0 Å². The summed E-state index contributed by atoms with van der Waals surface area (Å²) >= 11 is 0. The average Bonchev–Trinajstić information content (AvgIpc) is 2.49. The second-order valence-electron chi connectivity index (χ2n) is 7.31. The van der Waals surface area contributed by atoms with Crippen molar-refractivity contribution in [1.29, 1.82) is 0 Å². The number of hydrogen-bond acceptors (Lipinski definition) is 3. The quantitative estimate of drug-likeness (QED) is 0.424. The van der Waals surface area contributed by atoms with Crippen molar-refractivity contribution in [2.75, 3.05) is 7.11 Å². The minimum absolute atomic E-state index is 0.0362. The molecule has 0 aliphatic heterocycles. The van der Waals surface area contributed by atoms with Crippen LogP contribution < -0.4 is 5.19 Å². The lowest BCUT2D eigenvalue weighted by Gasteiger charge is -2.38. The molecule has 5 heteroatoms. The third-order valence-electron chi connectivity index (χ3n) is 3.99. The van der Waals surface area contributed by atoms with Crippen LogP contribution in [0.1, 0.15) is 6.92 Å². The van der Waals surface area contributed by atoms with Crippen molar-refractivity contribution in [3.05, 3.63) is 42.5 Å². The van der Waals surface area contributed by atoms with Crippen molar-refractivity contribution in [1.82, 2.24) is 0 Å². The molecule has 128 valence electrons. The molecule has 0 saturated carbocycles. The summed E-state index contributed by atoms with van der Waals surface area (Å²) in [5.41, 5.74) is 0.0362. The van der Waals surface area contributed by atoms with Crippen molar-refractivity contribution in [3.63, 3.8) is 0 Å². The molecule has 0 N–H and O–H groups in total. The molecule has 2 atom stereocenters. The fourth-order valence-corrected chi connectivity index (χ4v) is 6.96. The first kappa shape index (κ1) is 19.9.